The van der Waals surface area contributed by atoms with Crippen molar-refractivity contribution < 1.29 is 33.6 Å². The number of ether oxygens (including phenoxy) is 5. The quantitative estimate of drug-likeness (QED) is 0.475. The molecule has 0 aliphatic carbocycles. The van der Waals surface area contributed by atoms with E-state index in [9.17, 15) is 9.90 Å². The summed E-state index contributed by atoms with van der Waals surface area (Å²) in [7, 11) is 3.12. The topological polar surface area (TPSA) is 83.5 Å². The van der Waals surface area contributed by atoms with Crippen LogP contribution in [-0.2, 0) is 6.42 Å². The summed E-state index contributed by atoms with van der Waals surface area (Å²) in [6.45, 7) is 2.01. The van der Waals surface area contributed by atoms with Crippen molar-refractivity contribution in [3.05, 3.63) is 41.0 Å². The van der Waals surface area contributed by atoms with Gasteiger partial charge in [0.25, 0.3) is 0 Å². The number of ketones is 1. The van der Waals surface area contributed by atoms with E-state index in [4.69, 9.17) is 23.7 Å². The number of benzene rings is 2. The molecule has 0 fully saturated rings. The number of hydrogen-bond acceptors (Lipinski definition) is 7. The maximum absolute atomic E-state index is 13.6. The number of halogens is 1. The number of fused-ring (bicyclic) bond motifs is 6. The van der Waals surface area contributed by atoms with Crippen molar-refractivity contribution in [1.29, 1.82) is 0 Å². The van der Waals surface area contributed by atoms with Crippen LogP contribution < -0.4 is 23.7 Å². The van der Waals surface area contributed by atoms with Crippen molar-refractivity contribution in [2.24, 2.45) is 0 Å². The minimum atomic E-state index is -0.976. The Hall–Kier alpha value is -2.20. The first-order valence-corrected chi connectivity index (χ1v) is 11.6. The lowest BCUT2D eigenvalue weighted by atomic mass is 9.81. The second kappa shape index (κ2) is 7.44. The van der Waals surface area contributed by atoms with Crippen molar-refractivity contribution in [3.63, 3.8) is 0 Å². The van der Waals surface area contributed by atoms with E-state index in [1.807, 2.05) is 0 Å². The van der Waals surface area contributed by atoms with Gasteiger partial charge in [0.05, 0.1) is 25.7 Å². The highest BCUT2D eigenvalue weighted by Crippen LogP contribution is 2.50. The Morgan fingerprint density at radius 3 is 2.61 bits per heavy atom. The molecule has 164 valence electrons. The molecule has 0 radical (unpaired) electrons. The minimum absolute atomic E-state index is 0.0186. The second-order valence-corrected chi connectivity index (χ2v) is 9.04. The number of carbonyl (C=O) groups is 1. The van der Waals surface area contributed by atoms with Gasteiger partial charge in [-0.2, -0.15) is 0 Å². The number of Topliss-reactive ketones (excluding diaryl/α,β-unsaturated/α-hetero) is 1. The van der Waals surface area contributed by atoms with Crippen molar-refractivity contribution in [3.8, 4) is 28.7 Å². The molecule has 3 aliphatic heterocycles. The smallest absolute Gasteiger partial charge is 0.178 e. The van der Waals surface area contributed by atoms with Crippen LogP contribution in [0.1, 0.15) is 34.3 Å². The van der Waals surface area contributed by atoms with Gasteiger partial charge >= 0.3 is 0 Å². The number of aliphatic hydroxyl groups is 1. The van der Waals surface area contributed by atoms with Gasteiger partial charge in [-0.1, -0.05) is 22.6 Å². The van der Waals surface area contributed by atoms with E-state index in [1.165, 1.54) is 0 Å². The molecule has 8 heteroatoms. The summed E-state index contributed by atoms with van der Waals surface area (Å²) in [6, 6.07) is 7.10. The molecule has 0 amide bonds. The molecule has 2 aromatic carbocycles. The molecule has 0 bridgehead atoms. The summed E-state index contributed by atoms with van der Waals surface area (Å²) in [5.41, 5.74) is 1.11. The number of hydrogen-bond donors (Lipinski definition) is 1. The standard InChI is InChI=1S/C23H23IO7/c1-23(26,10-24)19-7-13-14(30-19)5-4-11-21(25)20-12-6-16(27-2)17(28-3)8-15(12)29-9-18(20)31-22(11)13/h4-6,8,18-20,26H,7,9-10H2,1-3H3/t18-,19-,20+,23+/m1/s1/i24-3. The molecular weight excluding hydrogens is 512 g/mol. The second-order valence-electron chi connectivity index (χ2n) is 8.27. The third-order valence-corrected chi connectivity index (χ3v) is 7.83. The zero-order valence-corrected chi connectivity index (χ0v) is 19.6. The number of methoxy groups -OCH3 is 2. The van der Waals surface area contributed by atoms with Crippen LogP contribution in [0.15, 0.2) is 24.3 Å². The molecule has 0 unspecified atom stereocenters. The molecule has 0 saturated heterocycles. The Kier molecular flexibility index (Phi) is 4.97. The molecule has 7 nitrogen and oxygen atoms in total. The van der Waals surface area contributed by atoms with E-state index in [-0.39, 0.29) is 18.5 Å². The van der Waals surface area contributed by atoms with Crippen LogP contribution in [0.25, 0.3) is 0 Å². The van der Waals surface area contributed by atoms with Gasteiger partial charge in [0.2, 0.25) is 0 Å². The van der Waals surface area contributed by atoms with Gasteiger partial charge in [0.1, 0.15) is 41.7 Å². The maximum Gasteiger partial charge on any atom is 0.178 e. The fourth-order valence-electron chi connectivity index (χ4n) is 4.50. The van der Waals surface area contributed by atoms with E-state index >= 15 is 0 Å². The van der Waals surface area contributed by atoms with Gasteiger partial charge in [-0.15, -0.1) is 0 Å². The van der Waals surface area contributed by atoms with E-state index in [2.05, 4.69) is 22.6 Å². The number of rotatable bonds is 4. The van der Waals surface area contributed by atoms with Crippen LogP contribution in [0.3, 0.4) is 0 Å². The first-order valence-electron chi connectivity index (χ1n) is 10.1. The molecular formula is C23H23IO7. The SMILES string of the molecule is COc1cc2c(cc1OC)[C@@H]1C(=O)c3ccc4c(c3O[C@@H]1CO2)C[C@H]([C@@](C)(O)C[124I])O4. The highest BCUT2D eigenvalue weighted by molar-refractivity contribution is 14.1. The summed E-state index contributed by atoms with van der Waals surface area (Å²) >= 11 is 2.15. The van der Waals surface area contributed by atoms with E-state index in [0.717, 1.165) is 11.1 Å². The molecule has 4 atom stereocenters. The highest BCUT2D eigenvalue weighted by Gasteiger charge is 2.47. The molecule has 0 aromatic heterocycles. The highest BCUT2D eigenvalue weighted by atomic mass is 124. The van der Waals surface area contributed by atoms with Crippen LogP contribution in [-0.4, -0.2) is 54.0 Å². The average molecular weight is 535 g/mol. The molecule has 3 heterocycles. The third kappa shape index (κ3) is 3.14. The van der Waals surface area contributed by atoms with Crippen molar-refractivity contribution in [2.75, 3.05) is 25.3 Å². The lowest BCUT2D eigenvalue weighted by Crippen LogP contribution is -2.44. The third-order valence-electron chi connectivity index (χ3n) is 6.28. The van der Waals surface area contributed by atoms with Gasteiger partial charge in [-0.05, 0) is 25.1 Å². The zero-order chi connectivity index (χ0) is 21.9. The van der Waals surface area contributed by atoms with Crippen molar-refractivity contribution >= 4 is 28.4 Å². The van der Waals surface area contributed by atoms with Crippen LogP contribution in [0.4, 0.5) is 0 Å². The summed E-state index contributed by atoms with van der Waals surface area (Å²) < 4.78 is 29.6. The summed E-state index contributed by atoms with van der Waals surface area (Å²) in [5.74, 6) is 2.37. The minimum Gasteiger partial charge on any atom is -0.493 e. The Labute approximate surface area is 193 Å². The van der Waals surface area contributed by atoms with E-state index in [0.29, 0.717) is 45.2 Å². The van der Waals surface area contributed by atoms with Gasteiger partial charge in [0.15, 0.2) is 17.3 Å². The first-order chi connectivity index (χ1) is 14.9. The van der Waals surface area contributed by atoms with Crippen LogP contribution >= 0.6 is 22.6 Å². The van der Waals surface area contributed by atoms with E-state index in [1.54, 1.807) is 45.4 Å². The number of carbonyl (C=O) groups excluding carboxylic acids is 1. The van der Waals surface area contributed by atoms with Crippen molar-refractivity contribution in [2.45, 2.75) is 37.1 Å². The lowest BCUT2D eigenvalue weighted by Gasteiger charge is -2.37. The van der Waals surface area contributed by atoms with Crippen molar-refractivity contribution in [1.82, 2.24) is 0 Å². The lowest BCUT2D eigenvalue weighted by molar-refractivity contribution is -0.0167. The zero-order valence-electron chi connectivity index (χ0n) is 17.4. The van der Waals surface area contributed by atoms with Crippen LogP contribution in [0.2, 0.25) is 0 Å². The van der Waals surface area contributed by atoms with Gasteiger partial charge in [0, 0.05) is 28.0 Å². The summed E-state index contributed by atoms with van der Waals surface area (Å²) in [6.07, 6.45) is -0.356. The van der Waals surface area contributed by atoms with E-state index < -0.39 is 17.6 Å². The number of alkyl halides is 1. The molecule has 31 heavy (non-hydrogen) atoms. The van der Waals surface area contributed by atoms with Crippen LogP contribution in [0, 0.1) is 0 Å². The van der Waals surface area contributed by atoms with Gasteiger partial charge < -0.3 is 28.8 Å². The molecule has 3 aliphatic rings. The fourth-order valence-corrected chi connectivity index (χ4v) is 4.99. The molecule has 2 aromatic rings. The molecule has 1 N–H and O–H groups in total. The normalized spacial score (nSPS) is 24.9. The predicted molar refractivity (Wildman–Crippen MR) is 121 cm³/mol. The molecule has 0 saturated carbocycles. The fraction of sp³-hybridized carbons (Fsp3) is 0.435. The monoisotopic (exact) mass is 535 g/mol. The summed E-state index contributed by atoms with van der Waals surface area (Å²) in [4.78, 5) is 13.6. The first kappa shape index (κ1) is 20.7. The largest absolute Gasteiger partial charge is 0.493 e. The predicted octanol–water partition coefficient (Wildman–Crippen LogP) is 3.31. The van der Waals surface area contributed by atoms with Gasteiger partial charge in [-0.3, -0.25) is 4.79 Å². The molecule has 5 rings (SSSR count). The Morgan fingerprint density at radius 1 is 1.16 bits per heavy atom. The Bertz CT molecular complexity index is 1060. The maximum atomic E-state index is 13.6. The Balaban J connectivity index is 1.55. The van der Waals surface area contributed by atoms with Crippen LogP contribution in [0.5, 0.6) is 28.7 Å². The molecule has 0 spiro atoms. The summed E-state index contributed by atoms with van der Waals surface area (Å²) in [5, 5.41) is 10.7. The van der Waals surface area contributed by atoms with Gasteiger partial charge in [-0.25, -0.2) is 0 Å². The Morgan fingerprint density at radius 2 is 1.90 bits per heavy atom. The average Bonchev–Trinajstić information content (AvgIpc) is 3.23.